The van der Waals surface area contributed by atoms with Crippen molar-refractivity contribution in [3.63, 3.8) is 0 Å². The van der Waals surface area contributed by atoms with E-state index in [1.54, 1.807) is 18.2 Å². The van der Waals surface area contributed by atoms with Gasteiger partial charge in [-0.2, -0.15) is 0 Å². The van der Waals surface area contributed by atoms with Crippen LogP contribution in [0.25, 0.3) is 0 Å². The fourth-order valence-corrected chi connectivity index (χ4v) is 4.14. The summed E-state index contributed by atoms with van der Waals surface area (Å²) in [5.74, 6) is -2.12. The summed E-state index contributed by atoms with van der Waals surface area (Å²) in [6, 6.07) is 15.6. The highest BCUT2D eigenvalue weighted by molar-refractivity contribution is 5.92. The van der Waals surface area contributed by atoms with Gasteiger partial charge in [0.1, 0.15) is 17.9 Å². The van der Waals surface area contributed by atoms with Gasteiger partial charge in [-0.15, -0.1) is 0 Å². The van der Waals surface area contributed by atoms with Gasteiger partial charge in [0.15, 0.2) is 12.2 Å². The van der Waals surface area contributed by atoms with Gasteiger partial charge in [-0.1, -0.05) is 63.2 Å². The zero-order chi connectivity index (χ0) is 29.6. The molecule has 222 valence electrons. The Morgan fingerprint density at radius 2 is 1.29 bits per heavy atom. The minimum absolute atomic E-state index is 0.0610. The van der Waals surface area contributed by atoms with Gasteiger partial charge in [-0.05, 0) is 37.0 Å². The Balaban J connectivity index is 1.87. The zero-order valence-electron chi connectivity index (χ0n) is 23.7. The molecule has 2 aromatic carbocycles. The largest absolute Gasteiger partial charge is 0.460 e. The van der Waals surface area contributed by atoms with Gasteiger partial charge in [0.05, 0.1) is 6.61 Å². The molecular weight excluding hydrogens is 532 g/mol. The smallest absolute Gasteiger partial charge is 0.342 e. The molecule has 1 heterocycles. The third-order valence-electron chi connectivity index (χ3n) is 6.13. The lowest BCUT2D eigenvalue weighted by molar-refractivity contribution is -0.261. The minimum Gasteiger partial charge on any atom is -0.460 e. The van der Waals surface area contributed by atoms with Crippen molar-refractivity contribution in [1.29, 1.82) is 0 Å². The molecule has 1 fully saturated rings. The van der Waals surface area contributed by atoms with Crippen LogP contribution in [0.2, 0.25) is 0 Å². The number of esters is 4. The maximum Gasteiger partial charge on any atom is 0.342 e. The molecule has 0 saturated carbocycles. The van der Waals surface area contributed by atoms with Gasteiger partial charge in [0, 0.05) is 19.3 Å². The average molecular weight is 571 g/mol. The number of rotatable bonds is 14. The molecule has 1 aliphatic heterocycles. The third-order valence-corrected chi connectivity index (χ3v) is 6.13. The Morgan fingerprint density at radius 1 is 0.732 bits per heavy atom. The molecule has 1 aliphatic rings. The lowest BCUT2D eigenvalue weighted by Crippen LogP contribution is -2.59. The van der Waals surface area contributed by atoms with Crippen molar-refractivity contribution in [2.75, 3.05) is 6.61 Å². The van der Waals surface area contributed by atoms with E-state index >= 15 is 0 Å². The topological polar surface area (TPSA) is 124 Å². The van der Waals surface area contributed by atoms with E-state index in [0.717, 1.165) is 5.56 Å². The monoisotopic (exact) mass is 570 g/mol. The van der Waals surface area contributed by atoms with E-state index in [4.69, 9.17) is 28.4 Å². The predicted molar refractivity (Wildman–Crippen MR) is 147 cm³/mol. The molecule has 2 aromatic rings. The van der Waals surface area contributed by atoms with Crippen molar-refractivity contribution in [3.8, 4) is 5.75 Å². The normalized spacial score (nSPS) is 20.0. The predicted octanol–water partition coefficient (Wildman–Crippen LogP) is 4.91. The fourth-order valence-electron chi connectivity index (χ4n) is 4.14. The van der Waals surface area contributed by atoms with E-state index in [1.165, 1.54) is 6.07 Å². The van der Waals surface area contributed by atoms with Gasteiger partial charge in [-0.25, -0.2) is 4.79 Å². The minimum atomic E-state index is -1.28. The van der Waals surface area contributed by atoms with E-state index < -0.39 is 48.5 Å². The summed E-state index contributed by atoms with van der Waals surface area (Å²) in [6.07, 6.45) is -2.80. The van der Waals surface area contributed by atoms with E-state index in [9.17, 15) is 19.2 Å². The Morgan fingerprint density at radius 3 is 1.93 bits per heavy atom. The van der Waals surface area contributed by atoms with Crippen LogP contribution in [0, 0.1) is 0 Å². The first-order valence-electron chi connectivity index (χ1n) is 14.0. The fraction of sp³-hybridized carbons (Fsp3) is 0.484. The molecular formula is C31H38O10. The molecule has 41 heavy (non-hydrogen) atoms. The summed E-state index contributed by atoms with van der Waals surface area (Å²) in [6.45, 7) is 5.34. The van der Waals surface area contributed by atoms with Crippen molar-refractivity contribution < 1.29 is 47.6 Å². The van der Waals surface area contributed by atoms with Crippen LogP contribution in [0.15, 0.2) is 54.6 Å². The highest BCUT2D eigenvalue weighted by Gasteiger charge is 2.49. The first-order chi connectivity index (χ1) is 19.9. The number of para-hydroxylation sites is 1. The Kier molecular flexibility index (Phi) is 12.6. The molecule has 0 spiro atoms. The third kappa shape index (κ3) is 9.60. The molecule has 10 heteroatoms. The lowest BCUT2D eigenvalue weighted by Gasteiger charge is -2.40. The Labute approximate surface area is 240 Å². The van der Waals surface area contributed by atoms with Crippen LogP contribution in [0.4, 0.5) is 0 Å². The van der Waals surface area contributed by atoms with Crippen LogP contribution in [0.1, 0.15) is 75.2 Å². The second-order valence-electron chi connectivity index (χ2n) is 9.56. The summed E-state index contributed by atoms with van der Waals surface area (Å²) in [5, 5.41) is 0. The van der Waals surface area contributed by atoms with E-state index in [0.29, 0.717) is 19.3 Å². The van der Waals surface area contributed by atoms with Crippen molar-refractivity contribution >= 4 is 23.9 Å². The Bertz CT molecular complexity index is 1150. The van der Waals surface area contributed by atoms with Gasteiger partial charge >= 0.3 is 23.9 Å². The van der Waals surface area contributed by atoms with Crippen molar-refractivity contribution in [2.45, 2.75) is 90.5 Å². The first kappa shape index (κ1) is 31.6. The lowest BCUT2D eigenvalue weighted by atomic mass is 10.0. The summed E-state index contributed by atoms with van der Waals surface area (Å²) >= 11 is 0. The van der Waals surface area contributed by atoms with Crippen LogP contribution >= 0.6 is 0 Å². The standard InChI is InChI=1S/C31H38O10/c1-4-12-25(32)38-24-20-37-31(29(41-27(34)14-6-3)28(24)40-26(33)13-5-2)39-23-18-11-10-17-22(23)30(35)36-19-21-15-8-7-9-16-21/h7-11,15-18,24,28-29,31H,4-6,12-14,19-20H2,1-3H3/t24-,28+,29-,31-/m1/s1. The SMILES string of the molecule is CCCC(=O)O[C@@H]1[C@@H](OC(=O)CCC)[C@@H](Oc2ccccc2C(=O)OCc2ccccc2)OC[C@H]1OC(=O)CCC. The molecule has 0 unspecified atom stereocenters. The highest BCUT2D eigenvalue weighted by atomic mass is 16.7. The van der Waals surface area contributed by atoms with Gasteiger partial charge in [0.2, 0.25) is 12.4 Å². The maximum absolute atomic E-state index is 13.0. The molecule has 0 aromatic heterocycles. The number of hydrogen-bond acceptors (Lipinski definition) is 10. The average Bonchev–Trinajstić information content (AvgIpc) is 2.96. The van der Waals surface area contributed by atoms with Crippen LogP contribution < -0.4 is 4.74 Å². The van der Waals surface area contributed by atoms with Crippen LogP contribution in [-0.4, -0.2) is 55.1 Å². The first-order valence-corrected chi connectivity index (χ1v) is 14.0. The van der Waals surface area contributed by atoms with Gasteiger partial charge in [-0.3, -0.25) is 14.4 Å². The second kappa shape index (κ2) is 16.4. The van der Waals surface area contributed by atoms with Crippen LogP contribution in [0.3, 0.4) is 0 Å². The summed E-state index contributed by atoms with van der Waals surface area (Å²) in [5.41, 5.74) is 0.944. The number of carbonyl (C=O) groups is 4. The molecule has 4 atom stereocenters. The number of benzene rings is 2. The van der Waals surface area contributed by atoms with Gasteiger partial charge < -0.3 is 28.4 Å². The maximum atomic E-state index is 13.0. The quantitative estimate of drug-likeness (QED) is 0.228. The van der Waals surface area contributed by atoms with Gasteiger partial charge in [0.25, 0.3) is 0 Å². The molecule has 0 amide bonds. The molecule has 10 nitrogen and oxygen atoms in total. The van der Waals surface area contributed by atoms with E-state index in [-0.39, 0.29) is 43.8 Å². The molecule has 0 N–H and O–H groups in total. The van der Waals surface area contributed by atoms with Crippen molar-refractivity contribution in [2.24, 2.45) is 0 Å². The zero-order valence-corrected chi connectivity index (χ0v) is 23.7. The Hall–Kier alpha value is -3.92. The summed E-state index contributed by atoms with van der Waals surface area (Å²) in [7, 11) is 0. The number of ether oxygens (including phenoxy) is 6. The second-order valence-corrected chi connectivity index (χ2v) is 9.56. The number of hydrogen-bond donors (Lipinski definition) is 0. The van der Waals surface area contributed by atoms with Crippen molar-refractivity contribution in [1.82, 2.24) is 0 Å². The molecule has 0 bridgehead atoms. The highest BCUT2D eigenvalue weighted by Crippen LogP contribution is 2.29. The summed E-state index contributed by atoms with van der Waals surface area (Å²) < 4.78 is 34.4. The number of carbonyl (C=O) groups excluding carboxylic acids is 4. The van der Waals surface area contributed by atoms with E-state index in [2.05, 4.69) is 0 Å². The summed E-state index contributed by atoms with van der Waals surface area (Å²) in [4.78, 5) is 50.5. The molecule has 0 aliphatic carbocycles. The van der Waals surface area contributed by atoms with Crippen LogP contribution in [-0.2, 0) is 44.7 Å². The van der Waals surface area contributed by atoms with Crippen molar-refractivity contribution in [3.05, 3.63) is 65.7 Å². The molecule has 1 saturated heterocycles. The molecule has 3 rings (SSSR count). The molecule has 0 radical (unpaired) electrons. The van der Waals surface area contributed by atoms with E-state index in [1.807, 2.05) is 51.1 Å². The van der Waals surface area contributed by atoms with Crippen LogP contribution in [0.5, 0.6) is 5.75 Å².